The molecule has 0 radical (unpaired) electrons. The Kier molecular flexibility index (Phi) is 4.51. The highest BCUT2D eigenvalue weighted by Crippen LogP contribution is 2.38. The predicted molar refractivity (Wildman–Crippen MR) is 112 cm³/mol. The van der Waals surface area contributed by atoms with Crippen LogP contribution in [0.4, 0.5) is 0 Å². The lowest BCUT2D eigenvalue weighted by molar-refractivity contribution is -0.137. The van der Waals surface area contributed by atoms with E-state index in [1.165, 1.54) is 6.08 Å². The van der Waals surface area contributed by atoms with Gasteiger partial charge in [0.2, 0.25) is 0 Å². The van der Waals surface area contributed by atoms with Gasteiger partial charge in [-0.05, 0) is 34.9 Å². The molecule has 1 atom stereocenters. The lowest BCUT2D eigenvalue weighted by Crippen LogP contribution is -2.18. The van der Waals surface area contributed by atoms with Crippen LogP contribution in [0.5, 0.6) is 0 Å². The fourth-order valence-corrected chi connectivity index (χ4v) is 3.67. The van der Waals surface area contributed by atoms with Crippen LogP contribution in [0.1, 0.15) is 30.5 Å². The summed E-state index contributed by atoms with van der Waals surface area (Å²) in [6, 6.07) is 12.4. The molecule has 3 heteroatoms. The van der Waals surface area contributed by atoms with Crippen LogP contribution in [0.25, 0.3) is 27.8 Å². The largest absolute Gasteiger partial charge is 0.355 e. The molecule has 1 aliphatic carbocycles. The molecule has 1 heterocycles. The minimum Gasteiger partial charge on any atom is -0.331 e. The highest BCUT2D eigenvalue weighted by atomic mass is 16.7. The summed E-state index contributed by atoms with van der Waals surface area (Å²) in [5.41, 5.74) is 2.93. The van der Waals surface area contributed by atoms with E-state index in [4.69, 9.17) is 4.84 Å². The van der Waals surface area contributed by atoms with Crippen LogP contribution in [0.2, 0.25) is 0 Å². The van der Waals surface area contributed by atoms with Crippen LogP contribution in [0.15, 0.2) is 79.4 Å². The Morgan fingerprint density at radius 2 is 2.04 bits per heavy atom. The summed E-state index contributed by atoms with van der Waals surface area (Å²) < 4.78 is 1.65. The first-order chi connectivity index (χ1) is 13.2. The first-order valence-electron chi connectivity index (χ1n) is 9.11. The van der Waals surface area contributed by atoms with E-state index in [1.54, 1.807) is 4.73 Å². The quantitative estimate of drug-likeness (QED) is 0.563. The van der Waals surface area contributed by atoms with Gasteiger partial charge in [-0.15, -0.1) is 0 Å². The number of rotatable bonds is 2. The topological polar surface area (TPSA) is 31.2 Å². The summed E-state index contributed by atoms with van der Waals surface area (Å²) in [5.74, 6) is -0.319. The van der Waals surface area contributed by atoms with E-state index >= 15 is 0 Å². The minimum atomic E-state index is -0.476. The molecule has 3 aromatic rings. The van der Waals surface area contributed by atoms with Gasteiger partial charge in [-0.3, -0.25) is 0 Å². The zero-order chi connectivity index (χ0) is 18.8. The third-order valence-electron chi connectivity index (χ3n) is 4.89. The van der Waals surface area contributed by atoms with Gasteiger partial charge in [-0.1, -0.05) is 74.2 Å². The number of hydrogen-bond donors (Lipinski definition) is 0. The molecule has 0 saturated heterocycles. The van der Waals surface area contributed by atoms with Crippen LogP contribution in [-0.4, -0.2) is 10.7 Å². The number of nitrogens with zero attached hydrogens (tertiary/aromatic N) is 1. The zero-order valence-corrected chi connectivity index (χ0v) is 15.3. The van der Waals surface area contributed by atoms with Gasteiger partial charge in [-0.25, -0.2) is 4.79 Å². The van der Waals surface area contributed by atoms with Crippen LogP contribution in [-0.2, 0) is 4.79 Å². The van der Waals surface area contributed by atoms with Gasteiger partial charge in [0.05, 0.1) is 11.2 Å². The summed E-state index contributed by atoms with van der Waals surface area (Å²) in [5, 5.41) is 3.43. The number of carbonyl (C=O) groups excluding carboxylic acids is 1. The molecule has 1 aromatic heterocycles. The average Bonchev–Trinajstić information content (AvgIpc) is 3.01. The fraction of sp³-hybridized carbons (Fsp3) is 0.125. The van der Waals surface area contributed by atoms with Gasteiger partial charge >= 0.3 is 5.97 Å². The second-order valence-corrected chi connectivity index (χ2v) is 6.63. The zero-order valence-electron chi connectivity index (χ0n) is 15.3. The van der Waals surface area contributed by atoms with Crippen LogP contribution >= 0.6 is 0 Å². The van der Waals surface area contributed by atoms with E-state index in [2.05, 4.69) is 62.1 Å². The lowest BCUT2D eigenvalue weighted by Gasteiger charge is -2.11. The Bertz CT molecular complexity index is 1130. The average molecular weight is 355 g/mol. The normalized spacial score (nSPS) is 18.8. The predicted octanol–water partition coefficient (Wildman–Crippen LogP) is 5.57. The van der Waals surface area contributed by atoms with Crippen LogP contribution in [0, 0.1) is 0 Å². The molecule has 4 rings (SSSR count). The summed E-state index contributed by atoms with van der Waals surface area (Å²) in [6.07, 6.45) is 14.6. The summed E-state index contributed by atoms with van der Waals surface area (Å²) in [7, 11) is 0. The van der Waals surface area contributed by atoms with Gasteiger partial charge < -0.3 is 4.84 Å². The second kappa shape index (κ2) is 7.12. The molecule has 1 unspecified atom stereocenters. The van der Waals surface area contributed by atoms with Crippen molar-refractivity contribution in [1.82, 2.24) is 4.73 Å². The number of fused-ring (bicyclic) bond motifs is 5. The Balaban J connectivity index is 2.13. The van der Waals surface area contributed by atoms with Crippen molar-refractivity contribution in [1.29, 1.82) is 0 Å². The van der Waals surface area contributed by atoms with Crippen molar-refractivity contribution in [3.05, 3.63) is 90.7 Å². The maximum atomic E-state index is 12.0. The maximum Gasteiger partial charge on any atom is 0.355 e. The number of allylic oxidation sites excluding steroid dienone is 5. The highest BCUT2D eigenvalue weighted by molar-refractivity contribution is 6.10. The Morgan fingerprint density at radius 3 is 2.89 bits per heavy atom. The Labute approximate surface area is 158 Å². The molecule has 3 nitrogen and oxygen atoms in total. The smallest absolute Gasteiger partial charge is 0.331 e. The van der Waals surface area contributed by atoms with Crippen molar-refractivity contribution in [3.63, 3.8) is 0 Å². The lowest BCUT2D eigenvalue weighted by atomic mass is 9.93. The van der Waals surface area contributed by atoms with Crippen molar-refractivity contribution in [2.24, 2.45) is 0 Å². The molecule has 0 aliphatic heterocycles. The number of benzene rings is 2. The molecule has 134 valence electrons. The van der Waals surface area contributed by atoms with E-state index in [0.29, 0.717) is 0 Å². The van der Waals surface area contributed by atoms with E-state index in [9.17, 15) is 4.79 Å². The first kappa shape index (κ1) is 17.1. The molecule has 0 N–H and O–H groups in total. The molecule has 0 bridgehead atoms. The molecule has 27 heavy (non-hydrogen) atoms. The Hall–Kier alpha value is -3.33. The monoisotopic (exact) mass is 355 g/mol. The van der Waals surface area contributed by atoms with Gasteiger partial charge in [0.1, 0.15) is 0 Å². The SMILES string of the molecule is C=CC(=O)On1c2c(c3c4ccccc4ccc31)C(C)/C=C\C=C/CC=C2. The minimum absolute atomic E-state index is 0.157. The van der Waals surface area contributed by atoms with Crippen LogP contribution in [0.3, 0.4) is 0 Å². The number of aromatic nitrogens is 1. The van der Waals surface area contributed by atoms with Crippen molar-refractivity contribution in [2.45, 2.75) is 19.3 Å². The van der Waals surface area contributed by atoms with Gasteiger partial charge in [0.25, 0.3) is 0 Å². The molecule has 0 amide bonds. The third kappa shape index (κ3) is 3.02. The van der Waals surface area contributed by atoms with Crippen molar-refractivity contribution < 1.29 is 9.63 Å². The maximum absolute atomic E-state index is 12.0. The van der Waals surface area contributed by atoms with Crippen LogP contribution < -0.4 is 4.84 Å². The molecule has 0 saturated carbocycles. The number of hydrogen-bond acceptors (Lipinski definition) is 2. The fourth-order valence-electron chi connectivity index (χ4n) is 3.67. The Morgan fingerprint density at radius 1 is 1.19 bits per heavy atom. The number of carbonyl (C=O) groups is 1. The highest BCUT2D eigenvalue weighted by Gasteiger charge is 2.22. The van der Waals surface area contributed by atoms with E-state index in [1.807, 2.05) is 24.3 Å². The molecule has 2 aromatic carbocycles. The summed E-state index contributed by atoms with van der Waals surface area (Å²) >= 11 is 0. The molecule has 1 aliphatic rings. The molecular weight excluding hydrogens is 334 g/mol. The molecule has 0 spiro atoms. The van der Waals surface area contributed by atoms with Crippen molar-refractivity contribution in [2.75, 3.05) is 0 Å². The second-order valence-electron chi connectivity index (χ2n) is 6.63. The molecular formula is C24H21NO2. The summed E-state index contributed by atoms with van der Waals surface area (Å²) in [4.78, 5) is 17.7. The molecule has 0 fully saturated rings. The third-order valence-corrected chi connectivity index (χ3v) is 4.89. The van der Waals surface area contributed by atoms with E-state index in [0.717, 1.165) is 39.4 Å². The van der Waals surface area contributed by atoms with Crippen molar-refractivity contribution >= 4 is 33.7 Å². The van der Waals surface area contributed by atoms with Crippen molar-refractivity contribution in [3.8, 4) is 0 Å². The van der Waals surface area contributed by atoms with E-state index < -0.39 is 5.97 Å². The van der Waals surface area contributed by atoms with Gasteiger partial charge in [0.15, 0.2) is 0 Å². The van der Waals surface area contributed by atoms with Gasteiger partial charge in [-0.2, -0.15) is 4.73 Å². The van der Waals surface area contributed by atoms with E-state index in [-0.39, 0.29) is 5.92 Å². The van der Waals surface area contributed by atoms with Gasteiger partial charge in [0, 0.05) is 17.4 Å². The first-order valence-corrected chi connectivity index (χ1v) is 9.11. The standard InChI is InChI=1S/C24H21NO2/c1-3-22(26)27-25-20-14-8-6-4-5-7-11-17(2)23(20)24-19-13-10-9-12-18(19)15-16-21(24)25/h3-5,7-17H,1,6H2,2H3/b5-4-,11-7-,14-8?. The summed E-state index contributed by atoms with van der Waals surface area (Å²) in [6.45, 7) is 5.70.